The number of likely N-dealkylation sites (tertiary alicyclic amines) is 1. The fourth-order valence-corrected chi connectivity index (χ4v) is 5.62. The monoisotopic (exact) mass is 564 g/mol. The molecule has 2 aliphatic rings. The Hall–Kier alpha value is -1.07. The lowest BCUT2D eigenvalue weighted by Crippen LogP contribution is -2.57. The van der Waals surface area contributed by atoms with Gasteiger partial charge in [-0.05, 0) is 64.4 Å². The maximum absolute atomic E-state index is 12.4. The number of halogens is 1. The van der Waals surface area contributed by atoms with Crippen molar-refractivity contribution >= 4 is 39.8 Å². The first-order valence-corrected chi connectivity index (χ1v) is 12.6. The highest BCUT2D eigenvalue weighted by molar-refractivity contribution is 14.0. The van der Waals surface area contributed by atoms with Crippen LogP contribution in [0.1, 0.15) is 45.2 Å². The van der Waals surface area contributed by atoms with Crippen LogP contribution in [0.3, 0.4) is 0 Å². The number of hydrogen-bond acceptors (Lipinski definition) is 5. The van der Waals surface area contributed by atoms with Crippen LogP contribution in [0.25, 0.3) is 0 Å². The Kier molecular flexibility index (Phi) is 9.44. The molecule has 7 nitrogen and oxygen atoms in total. The van der Waals surface area contributed by atoms with Gasteiger partial charge < -0.3 is 15.0 Å². The topological polar surface area (TPSA) is 74.2 Å². The number of rotatable bonds is 6. The zero-order chi connectivity index (χ0) is 21.8. The average Bonchev–Trinajstić information content (AvgIpc) is 3.24. The number of nitrogens with one attached hydrogen (secondary N) is 1. The largest absolute Gasteiger partial charge is 0.497 e. The van der Waals surface area contributed by atoms with Gasteiger partial charge in [-0.2, -0.15) is 0 Å². The summed E-state index contributed by atoms with van der Waals surface area (Å²) < 4.78 is 29.5. The van der Waals surface area contributed by atoms with E-state index in [0.29, 0.717) is 19.6 Å². The number of guanidine groups is 1. The number of hydrogen-bond donors (Lipinski definition) is 1. The molecule has 0 bridgehead atoms. The van der Waals surface area contributed by atoms with Crippen LogP contribution in [-0.4, -0.2) is 81.1 Å². The lowest BCUT2D eigenvalue weighted by molar-refractivity contribution is 0.250. The fraction of sp³-hybridized carbons (Fsp3) is 0.682. The van der Waals surface area contributed by atoms with Crippen molar-refractivity contribution in [3.8, 4) is 5.75 Å². The van der Waals surface area contributed by atoms with E-state index in [9.17, 15) is 8.42 Å². The summed E-state index contributed by atoms with van der Waals surface area (Å²) in [5.74, 6) is 1.82. The van der Waals surface area contributed by atoms with Gasteiger partial charge in [0.25, 0.3) is 0 Å². The number of methoxy groups -OCH3 is 1. The highest BCUT2D eigenvalue weighted by Gasteiger charge is 2.41. The van der Waals surface area contributed by atoms with E-state index in [0.717, 1.165) is 31.3 Å². The van der Waals surface area contributed by atoms with Crippen molar-refractivity contribution in [3.05, 3.63) is 29.8 Å². The van der Waals surface area contributed by atoms with Crippen molar-refractivity contribution in [1.29, 1.82) is 0 Å². The smallest absolute Gasteiger partial charge is 0.194 e. The van der Waals surface area contributed by atoms with Crippen LogP contribution >= 0.6 is 24.0 Å². The first kappa shape index (κ1) is 26.2. The van der Waals surface area contributed by atoms with Crippen molar-refractivity contribution in [2.24, 2.45) is 4.99 Å². The Balaban J connectivity index is 0.00000341. The van der Waals surface area contributed by atoms with Gasteiger partial charge in [-0.25, -0.2) is 8.42 Å². The summed E-state index contributed by atoms with van der Waals surface area (Å²) in [6.07, 6.45) is 2.42. The molecule has 2 fully saturated rings. The summed E-state index contributed by atoms with van der Waals surface area (Å²) in [6.45, 7) is 10.1. The number of sulfone groups is 1. The minimum absolute atomic E-state index is 0. The molecular weight excluding hydrogens is 527 g/mol. The minimum atomic E-state index is -3.08. The van der Waals surface area contributed by atoms with E-state index in [1.165, 1.54) is 18.4 Å². The zero-order valence-corrected chi connectivity index (χ0v) is 22.3. The minimum Gasteiger partial charge on any atom is -0.497 e. The van der Waals surface area contributed by atoms with Crippen molar-refractivity contribution in [2.45, 2.75) is 44.4 Å². The SMILES string of the molecule is CCNC(=NCC(c1cccc(OC)c1)N1CCCC1)N1CCS(=O)(=O)C(C)(C)C1.I. The molecule has 1 aromatic carbocycles. The molecule has 2 heterocycles. The summed E-state index contributed by atoms with van der Waals surface area (Å²) in [4.78, 5) is 9.57. The highest BCUT2D eigenvalue weighted by atomic mass is 127. The van der Waals surface area contributed by atoms with Gasteiger partial charge in [0.2, 0.25) is 0 Å². The molecule has 1 atom stereocenters. The van der Waals surface area contributed by atoms with E-state index >= 15 is 0 Å². The van der Waals surface area contributed by atoms with E-state index in [-0.39, 0.29) is 35.8 Å². The number of ether oxygens (including phenoxy) is 1. The molecule has 0 aromatic heterocycles. The Morgan fingerprint density at radius 3 is 2.58 bits per heavy atom. The fourth-order valence-electron chi connectivity index (χ4n) is 4.26. The second kappa shape index (κ2) is 11.2. The number of nitrogens with zero attached hydrogens (tertiary/aromatic N) is 3. The first-order chi connectivity index (χ1) is 14.3. The Morgan fingerprint density at radius 2 is 1.97 bits per heavy atom. The van der Waals surface area contributed by atoms with Crippen LogP contribution in [0.15, 0.2) is 29.3 Å². The van der Waals surface area contributed by atoms with Crippen molar-refractivity contribution in [2.75, 3.05) is 52.1 Å². The summed E-state index contributed by atoms with van der Waals surface area (Å²) in [5.41, 5.74) is 1.21. The Labute approximate surface area is 204 Å². The van der Waals surface area contributed by atoms with Gasteiger partial charge in [-0.1, -0.05) is 12.1 Å². The molecule has 9 heteroatoms. The molecule has 0 saturated carbocycles. The third-order valence-corrected chi connectivity index (χ3v) is 8.68. The maximum atomic E-state index is 12.4. The van der Waals surface area contributed by atoms with Crippen LogP contribution in [-0.2, 0) is 9.84 Å². The van der Waals surface area contributed by atoms with Gasteiger partial charge >= 0.3 is 0 Å². The van der Waals surface area contributed by atoms with Crippen molar-refractivity contribution in [1.82, 2.24) is 15.1 Å². The zero-order valence-electron chi connectivity index (χ0n) is 19.1. The quantitative estimate of drug-likeness (QED) is 0.326. The summed E-state index contributed by atoms with van der Waals surface area (Å²) in [5, 5.41) is 3.38. The van der Waals surface area contributed by atoms with E-state index in [1.807, 2.05) is 19.1 Å². The molecular formula is C22H37IN4O3S. The summed E-state index contributed by atoms with van der Waals surface area (Å²) >= 11 is 0. The third kappa shape index (κ3) is 6.25. The predicted molar refractivity (Wildman–Crippen MR) is 137 cm³/mol. The van der Waals surface area contributed by atoms with Gasteiger partial charge in [-0.3, -0.25) is 9.89 Å². The molecule has 176 valence electrons. The normalized spacial score (nSPS) is 21.9. The molecule has 0 amide bonds. The Morgan fingerprint density at radius 1 is 1.26 bits per heavy atom. The van der Waals surface area contributed by atoms with Crippen LogP contribution in [0.4, 0.5) is 0 Å². The van der Waals surface area contributed by atoms with Crippen LogP contribution in [0, 0.1) is 0 Å². The molecule has 0 aliphatic carbocycles. The first-order valence-electron chi connectivity index (χ1n) is 10.9. The molecule has 2 aliphatic heterocycles. The molecule has 0 radical (unpaired) electrons. The van der Waals surface area contributed by atoms with E-state index in [2.05, 4.69) is 27.2 Å². The molecule has 31 heavy (non-hydrogen) atoms. The summed E-state index contributed by atoms with van der Waals surface area (Å²) in [6, 6.07) is 8.42. The van der Waals surface area contributed by atoms with Crippen molar-refractivity contribution < 1.29 is 13.2 Å². The highest BCUT2D eigenvalue weighted by Crippen LogP contribution is 2.28. The van der Waals surface area contributed by atoms with Crippen LogP contribution in [0.5, 0.6) is 5.75 Å². The molecule has 0 spiro atoms. The Bertz CT molecular complexity index is 854. The van der Waals surface area contributed by atoms with E-state index in [1.54, 1.807) is 21.0 Å². The van der Waals surface area contributed by atoms with Crippen LogP contribution in [0.2, 0.25) is 0 Å². The van der Waals surface area contributed by atoms with Gasteiger partial charge in [0.05, 0.1) is 30.2 Å². The van der Waals surface area contributed by atoms with E-state index in [4.69, 9.17) is 9.73 Å². The number of aliphatic imine (C=N–C) groups is 1. The second-order valence-corrected chi connectivity index (χ2v) is 11.5. The molecule has 1 aromatic rings. The van der Waals surface area contributed by atoms with Gasteiger partial charge in [0.1, 0.15) is 5.75 Å². The van der Waals surface area contributed by atoms with Gasteiger partial charge in [-0.15, -0.1) is 24.0 Å². The maximum Gasteiger partial charge on any atom is 0.194 e. The van der Waals surface area contributed by atoms with E-state index < -0.39 is 14.6 Å². The molecule has 2 saturated heterocycles. The van der Waals surface area contributed by atoms with Gasteiger partial charge in [0.15, 0.2) is 15.8 Å². The molecule has 3 rings (SSSR count). The van der Waals surface area contributed by atoms with Crippen LogP contribution < -0.4 is 10.1 Å². The lowest BCUT2D eigenvalue weighted by Gasteiger charge is -2.39. The third-order valence-electron chi connectivity index (χ3n) is 6.15. The molecule has 1 unspecified atom stereocenters. The number of benzene rings is 1. The summed E-state index contributed by atoms with van der Waals surface area (Å²) in [7, 11) is -1.39. The van der Waals surface area contributed by atoms with Gasteiger partial charge in [0, 0.05) is 19.6 Å². The average molecular weight is 565 g/mol. The lowest BCUT2D eigenvalue weighted by atomic mass is 10.1. The second-order valence-electron chi connectivity index (χ2n) is 8.73. The predicted octanol–water partition coefficient (Wildman–Crippen LogP) is 2.92. The standard InChI is InChI=1S/C22H36N4O3S.HI/c1-5-23-21(26-13-14-30(27,28)22(2,3)17-26)24-16-20(25-11-6-7-12-25)18-9-8-10-19(15-18)29-4;/h8-10,15,20H,5-7,11-14,16-17H2,1-4H3,(H,23,24);1H. The van der Waals surface area contributed by atoms with Crippen molar-refractivity contribution in [3.63, 3.8) is 0 Å². The molecule has 1 N–H and O–H groups in total.